The monoisotopic (exact) mass is 190 g/mol. The van der Waals surface area contributed by atoms with Gasteiger partial charge < -0.3 is 0 Å². The van der Waals surface area contributed by atoms with Gasteiger partial charge in [0.2, 0.25) is 0 Å². The van der Waals surface area contributed by atoms with E-state index in [4.69, 9.17) is 0 Å². The predicted octanol–water partition coefficient (Wildman–Crippen LogP) is 3.38. The van der Waals surface area contributed by atoms with Gasteiger partial charge in [-0.2, -0.15) is 0 Å². The number of rotatable bonds is 3. The zero-order valence-electron chi connectivity index (χ0n) is 9.28. The Morgan fingerprint density at radius 2 is 0.909 bits per heavy atom. The van der Waals surface area contributed by atoms with Crippen LogP contribution in [0.15, 0.2) is 0 Å². The SMILES string of the molecule is CC[SiH](CC)CC.C[SiH](C)C. The van der Waals surface area contributed by atoms with Crippen LogP contribution in [0, 0.1) is 0 Å². The van der Waals surface area contributed by atoms with Crippen LogP contribution in [0.2, 0.25) is 37.8 Å². The molecule has 0 atom stereocenters. The molecule has 0 aromatic carbocycles. The lowest BCUT2D eigenvalue weighted by Crippen LogP contribution is -2.04. The van der Waals surface area contributed by atoms with E-state index in [0.717, 1.165) is 0 Å². The molecule has 0 bridgehead atoms. The fourth-order valence-electron chi connectivity index (χ4n) is 0.866. The molecule has 0 fully saturated rings. The Bertz CT molecular complexity index is 50.3. The lowest BCUT2D eigenvalue weighted by Gasteiger charge is -2.03. The van der Waals surface area contributed by atoms with Gasteiger partial charge in [-0.15, -0.1) is 0 Å². The van der Waals surface area contributed by atoms with Gasteiger partial charge in [0.15, 0.2) is 0 Å². The van der Waals surface area contributed by atoms with E-state index in [1.807, 2.05) is 0 Å². The summed E-state index contributed by atoms with van der Waals surface area (Å²) in [4.78, 5) is 0. The zero-order valence-corrected chi connectivity index (χ0v) is 11.6. The summed E-state index contributed by atoms with van der Waals surface area (Å²) < 4.78 is 0. The lowest BCUT2D eigenvalue weighted by atomic mass is 10.9. The number of hydrogen-bond donors (Lipinski definition) is 0. The summed E-state index contributed by atoms with van der Waals surface area (Å²) in [6, 6.07) is 4.48. The molecule has 0 heterocycles. The molecule has 0 rings (SSSR count). The van der Waals surface area contributed by atoms with Crippen molar-refractivity contribution >= 4 is 17.6 Å². The first-order chi connectivity index (χ1) is 5.08. The predicted molar refractivity (Wildman–Crippen MR) is 63.3 cm³/mol. The van der Waals surface area contributed by atoms with Crippen LogP contribution in [0.5, 0.6) is 0 Å². The molecule has 0 aliphatic heterocycles. The van der Waals surface area contributed by atoms with E-state index >= 15 is 0 Å². The van der Waals surface area contributed by atoms with Crippen LogP contribution in [0.1, 0.15) is 20.8 Å². The van der Waals surface area contributed by atoms with Gasteiger partial charge in [0, 0.05) is 17.6 Å². The molecule has 0 saturated heterocycles. The van der Waals surface area contributed by atoms with Gasteiger partial charge in [0.05, 0.1) is 0 Å². The van der Waals surface area contributed by atoms with Gasteiger partial charge in [-0.3, -0.25) is 0 Å². The van der Waals surface area contributed by atoms with Crippen molar-refractivity contribution in [1.29, 1.82) is 0 Å². The zero-order chi connectivity index (χ0) is 9.28. The second-order valence-corrected chi connectivity index (χ2v) is 11.5. The minimum absolute atomic E-state index is 0.139. The van der Waals surface area contributed by atoms with Crippen molar-refractivity contribution in [2.75, 3.05) is 0 Å². The molecule has 0 aliphatic rings. The van der Waals surface area contributed by atoms with Gasteiger partial charge in [0.1, 0.15) is 0 Å². The van der Waals surface area contributed by atoms with Crippen molar-refractivity contribution < 1.29 is 0 Å². The Morgan fingerprint density at radius 1 is 0.727 bits per heavy atom. The van der Waals surface area contributed by atoms with Gasteiger partial charge in [0.25, 0.3) is 0 Å². The van der Waals surface area contributed by atoms with E-state index in [1.54, 1.807) is 0 Å². The third-order valence-corrected chi connectivity index (χ3v) is 5.20. The van der Waals surface area contributed by atoms with Crippen LogP contribution in [-0.2, 0) is 0 Å². The number of hydrogen-bond acceptors (Lipinski definition) is 0. The van der Waals surface area contributed by atoms with Crippen molar-refractivity contribution in [2.45, 2.75) is 58.5 Å². The van der Waals surface area contributed by atoms with Crippen molar-refractivity contribution in [3.63, 3.8) is 0 Å². The van der Waals surface area contributed by atoms with E-state index in [2.05, 4.69) is 40.4 Å². The van der Waals surface area contributed by atoms with Gasteiger partial charge in [-0.25, -0.2) is 0 Å². The molecule has 0 radical (unpaired) electrons. The molecule has 2 heteroatoms. The second-order valence-electron chi connectivity index (χ2n) is 3.82. The smallest absolute Gasteiger partial charge is 0.0359 e. The Hall–Kier alpha value is 0.434. The third-order valence-electron chi connectivity index (χ3n) is 1.73. The molecule has 0 aromatic rings. The summed E-state index contributed by atoms with van der Waals surface area (Å²) in [5, 5.41) is 0. The molecule has 0 saturated carbocycles. The molecule has 0 aromatic heterocycles. The average molecular weight is 190 g/mol. The Labute approximate surface area is 76.6 Å². The largest absolute Gasteiger partial charge is 0.0724 e. The standard InChI is InChI=1S/C6H16Si.C3H10Si/c1-4-7(5-2)6-3;1-4(2)3/h7H,4-6H2,1-3H3;4H,1-3H3. The summed E-state index contributed by atoms with van der Waals surface area (Å²) in [7, 11) is -0.310. The molecule has 11 heavy (non-hydrogen) atoms. The maximum atomic E-state index is 2.32. The second kappa shape index (κ2) is 10.4. The summed E-state index contributed by atoms with van der Waals surface area (Å²) in [5.74, 6) is 0. The van der Waals surface area contributed by atoms with E-state index in [0.29, 0.717) is 0 Å². The molecule has 0 unspecified atom stereocenters. The molecular weight excluding hydrogens is 164 g/mol. The Morgan fingerprint density at radius 3 is 0.909 bits per heavy atom. The molecule has 0 N–H and O–H groups in total. The van der Waals surface area contributed by atoms with E-state index < -0.39 is 0 Å². The van der Waals surface area contributed by atoms with Crippen molar-refractivity contribution in [3.8, 4) is 0 Å². The molecular formula is C9H26Si2. The minimum Gasteiger partial charge on any atom is -0.0724 e. The highest BCUT2D eigenvalue weighted by atomic mass is 28.3. The summed E-state index contributed by atoms with van der Waals surface area (Å²) >= 11 is 0. The summed E-state index contributed by atoms with van der Waals surface area (Å²) in [6.07, 6.45) is 0. The van der Waals surface area contributed by atoms with Gasteiger partial charge >= 0.3 is 0 Å². The van der Waals surface area contributed by atoms with Crippen molar-refractivity contribution in [3.05, 3.63) is 0 Å². The maximum Gasteiger partial charge on any atom is 0.0359 e. The maximum absolute atomic E-state index is 2.32. The quantitative estimate of drug-likeness (QED) is 0.599. The van der Waals surface area contributed by atoms with E-state index in [1.165, 1.54) is 18.1 Å². The fraction of sp³-hybridized carbons (Fsp3) is 1.00. The van der Waals surface area contributed by atoms with Crippen molar-refractivity contribution in [1.82, 2.24) is 0 Å². The summed E-state index contributed by atoms with van der Waals surface area (Å²) in [5.41, 5.74) is 0. The Balaban J connectivity index is 0. The highest BCUT2D eigenvalue weighted by Gasteiger charge is 1.98. The van der Waals surface area contributed by atoms with Crippen LogP contribution < -0.4 is 0 Å². The normalized spacial score (nSPS) is 9.82. The molecule has 70 valence electrons. The van der Waals surface area contributed by atoms with Gasteiger partial charge in [-0.1, -0.05) is 58.5 Å². The van der Waals surface area contributed by atoms with Crippen LogP contribution in [0.3, 0.4) is 0 Å². The van der Waals surface area contributed by atoms with Crippen LogP contribution in [0.25, 0.3) is 0 Å². The Kier molecular flexibility index (Phi) is 13.3. The topological polar surface area (TPSA) is 0 Å². The fourth-order valence-corrected chi connectivity index (χ4v) is 2.60. The van der Waals surface area contributed by atoms with E-state index in [9.17, 15) is 0 Å². The summed E-state index contributed by atoms with van der Waals surface area (Å²) in [6.45, 7) is 13.9. The van der Waals surface area contributed by atoms with Crippen LogP contribution in [-0.4, -0.2) is 17.6 Å². The first-order valence-electron chi connectivity index (χ1n) is 5.08. The molecule has 0 amide bonds. The average Bonchev–Trinajstić information content (AvgIpc) is 1.90. The first-order valence-corrected chi connectivity index (χ1v) is 11.0. The van der Waals surface area contributed by atoms with Crippen LogP contribution >= 0.6 is 0 Å². The lowest BCUT2D eigenvalue weighted by molar-refractivity contribution is 1.24. The van der Waals surface area contributed by atoms with E-state index in [-0.39, 0.29) is 17.6 Å². The highest BCUT2D eigenvalue weighted by Crippen LogP contribution is 2.01. The van der Waals surface area contributed by atoms with Crippen molar-refractivity contribution in [2.24, 2.45) is 0 Å². The minimum atomic E-state index is -0.171. The van der Waals surface area contributed by atoms with Crippen LogP contribution in [0.4, 0.5) is 0 Å². The first kappa shape index (κ1) is 14.0. The molecule has 0 aliphatic carbocycles. The van der Waals surface area contributed by atoms with Gasteiger partial charge in [-0.05, 0) is 0 Å². The highest BCUT2D eigenvalue weighted by molar-refractivity contribution is 6.58. The molecule has 0 nitrogen and oxygen atoms in total. The molecule has 0 spiro atoms. The third kappa shape index (κ3) is 17.9.